The van der Waals surface area contributed by atoms with Crippen molar-refractivity contribution in [2.75, 3.05) is 0 Å². The standard InChI is InChI=1S/C18H17N5O/c24-18(17-12-21-23(22-17)16-4-2-1-3-5-16)20-10-13-8-15(11-19-9-13)14-6-7-14/h1-5,8-9,11-12,14H,6-7,10H2,(H,20,24). The van der Waals surface area contributed by atoms with E-state index in [0.717, 1.165) is 11.3 Å². The van der Waals surface area contributed by atoms with Gasteiger partial charge in [-0.3, -0.25) is 9.78 Å². The number of nitrogens with zero attached hydrogens (tertiary/aromatic N) is 4. The third-order valence-electron chi connectivity index (χ3n) is 4.03. The highest BCUT2D eigenvalue weighted by molar-refractivity contribution is 5.91. The largest absolute Gasteiger partial charge is 0.346 e. The van der Waals surface area contributed by atoms with Crippen molar-refractivity contribution in [3.05, 3.63) is 71.8 Å². The Morgan fingerprint density at radius 1 is 1.17 bits per heavy atom. The zero-order valence-electron chi connectivity index (χ0n) is 13.1. The van der Waals surface area contributed by atoms with Gasteiger partial charge < -0.3 is 5.32 Å². The molecule has 0 unspecified atom stereocenters. The minimum absolute atomic E-state index is 0.242. The first-order chi connectivity index (χ1) is 11.8. The molecule has 1 aromatic carbocycles. The first-order valence-corrected chi connectivity index (χ1v) is 7.99. The minimum Gasteiger partial charge on any atom is -0.346 e. The lowest BCUT2D eigenvalue weighted by Crippen LogP contribution is -2.23. The van der Waals surface area contributed by atoms with Crippen molar-refractivity contribution >= 4 is 5.91 Å². The van der Waals surface area contributed by atoms with Crippen LogP contribution in [0.2, 0.25) is 0 Å². The Bertz CT molecular complexity index is 855. The van der Waals surface area contributed by atoms with Gasteiger partial charge in [-0.2, -0.15) is 9.90 Å². The van der Waals surface area contributed by atoms with Crippen molar-refractivity contribution in [3.63, 3.8) is 0 Å². The number of benzene rings is 1. The summed E-state index contributed by atoms with van der Waals surface area (Å²) in [5, 5.41) is 11.2. The fraction of sp³-hybridized carbons (Fsp3) is 0.222. The van der Waals surface area contributed by atoms with E-state index in [2.05, 4.69) is 26.6 Å². The fourth-order valence-corrected chi connectivity index (χ4v) is 2.57. The second kappa shape index (κ2) is 6.23. The van der Waals surface area contributed by atoms with E-state index in [1.807, 2.05) is 36.5 Å². The molecular formula is C18H17N5O. The van der Waals surface area contributed by atoms with Crippen LogP contribution in [-0.2, 0) is 6.54 Å². The highest BCUT2D eigenvalue weighted by Gasteiger charge is 2.23. The maximum Gasteiger partial charge on any atom is 0.273 e. The fourth-order valence-electron chi connectivity index (χ4n) is 2.57. The second-order valence-corrected chi connectivity index (χ2v) is 5.94. The van der Waals surface area contributed by atoms with Gasteiger partial charge in [-0.15, -0.1) is 5.10 Å². The summed E-state index contributed by atoms with van der Waals surface area (Å²) in [4.78, 5) is 18.0. The number of carbonyl (C=O) groups excluding carboxylic acids is 1. The van der Waals surface area contributed by atoms with Gasteiger partial charge in [0.15, 0.2) is 5.69 Å². The average Bonchev–Trinajstić information content (AvgIpc) is 3.37. The van der Waals surface area contributed by atoms with Gasteiger partial charge >= 0.3 is 0 Å². The van der Waals surface area contributed by atoms with E-state index >= 15 is 0 Å². The van der Waals surface area contributed by atoms with Crippen molar-refractivity contribution in [2.45, 2.75) is 25.3 Å². The van der Waals surface area contributed by atoms with Gasteiger partial charge in [0, 0.05) is 18.9 Å². The van der Waals surface area contributed by atoms with Gasteiger partial charge in [0.05, 0.1) is 11.9 Å². The van der Waals surface area contributed by atoms with E-state index in [4.69, 9.17) is 0 Å². The van der Waals surface area contributed by atoms with Gasteiger partial charge in [-0.05, 0) is 42.0 Å². The smallest absolute Gasteiger partial charge is 0.273 e. The van der Waals surface area contributed by atoms with Gasteiger partial charge in [-0.25, -0.2) is 0 Å². The monoisotopic (exact) mass is 319 g/mol. The third-order valence-corrected chi connectivity index (χ3v) is 4.03. The number of nitrogens with one attached hydrogen (secondary N) is 1. The Morgan fingerprint density at radius 2 is 2.00 bits per heavy atom. The molecule has 24 heavy (non-hydrogen) atoms. The predicted octanol–water partition coefficient (Wildman–Crippen LogP) is 2.47. The van der Waals surface area contributed by atoms with Gasteiger partial charge in [0.2, 0.25) is 0 Å². The number of amides is 1. The minimum atomic E-state index is -0.242. The first-order valence-electron chi connectivity index (χ1n) is 7.99. The van der Waals surface area contributed by atoms with Crippen LogP contribution in [0.5, 0.6) is 0 Å². The molecule has 0 spiro atoms. The van der Waals surface area contributed by atoms with Crippen LogP contribution in [0, 0.1) is 0 Å². The number of carbonyl (C=O) groups is 1. The molecule has 0 atom stereocenters. The van der Waals surface area contributed by atoms with Crippen LogP contribution in [-0.4, -0.2) is 25.9 Å². The van der Waals surface area contributed by atoms with Crippen molar-refractivity contribution < 1.29 is 4.79 Å². The topological polar surface area (TPSA) is 72.7 Å². The summed E-state index contributed by atoms with van der Waals surface area (Å²) in [7, 11) is 0. The van der Waals surface area contributed by atoms with E-state index in [0.29, 0.717) is 18.2 Å². The zero-order chi connectivity index (χ0) is 16.4. The SMILES string of the molecule is O=C(NCc1cncc(C2CC2)c1)c1cnn(-c2ccccc2)n1. The molecule has 0 bridgehead atoms. The number of hydrogen-bond donors (Lipinski definition) is 1. The quantitative estimate of drug-likeness (QED) is 0.784. The summed E-state index contributed by atoms with van der Waals surface area (Å²) in [6, 6.07) is 11.6. The molecular weight excluding hydrogens is 302 g/mol. The third kappa shape index (κ3) is 3.17. The number of aromatic nitrogens is 4. The van der Waals surface area contributed by atoms with Crippen LogP contribution >= 0.6 is 0 Å². The van der Waals surface area contributed by atoms with E-state index in [1.165, 1.54) is 29.4 Å². The Labute approximate surface area is 139 Å². The zero-order valence-corrected chi connectivity index (χ0v) is 13.1. The Morgan fingerprint density at radius 3 is 2.79 bits per heavy atom. The number of hydrogen-bond acceptors (Lipinski definition) is 4. The van der Waals surface area contributed by atoms with E-state index in [1.54, 1.807) is 6.20 Å². The molecule has 1 aliphatic carbocycles. The molecule has 1 aliphatic rings. The van der Waals surface area contributed by atoms with Crippen LogP contribution in [0.4, 0.5) is 0 Å². The van der Waals surface area contributed by atoms with Crippen LogP contribution in [0.15, 0.2) is 55.0 Å². The van der Waals surface area contributed by atoms with Crippen LogP contribution in [0.25, 0.3) is 5.69 Å². The summed E-state index contributed by atoms with van der Waals surface area (Å²) >= 11 is 0. The second-order valence-electron chi connectivity index (χ2n) is 5.94. The van der Waals surface area contributed by atoms with Gasteiger partial charge in [0.25, 0.3) is 5.91 Å². The van der Waals surface area contributed by atoms with Crippen molar-refractivity contribution in [1.82, 2.24) is 25.3 Å². The number of pyridine rings is 1. The van der Waals surface area contributed by atoms with Crippen LogP contribution in [0.1, 0.15) is 40.4 Å². The predicted molar refractivity (Wildman–Crippen MR) is 88.7 cm³/mol. The summed E-state index contributed by atoms with van der Waals surface area (Å²) in [6.07, 6.45) is 7.64. The highest BCUT2D eigenvalue weighted by Crippen LogP contribution is 2.39. The van der Waals surface area contributed by atoms with E-state index < -0.39 is 0 Å². The van der Waals surface area contributed by atoms with Gasteiger partial charge in [0.1, 0.15) is 0 Å². The molecule has 1 fully saturated rings. The maximum absolute atomic E-state index is 12.2. The first kappa shape index (κ1) is 14.6. The molecule has 0 radical (unpaired) electrons. The lowest BCUT2D eigenvalue weighted by atomic mass is 10.1. The van der Waals surface area contributed by atoms with Crippen LogP contribution < -0.4 is 5.32 Å². The molecule has 0 saturated heterocycles. The van der Waals surface area contributed by atoms with Crippen LogP contribution in [0.3, 0.4) is 0 Å². The molecule has 120 valence electrons. The average molecular weight is 319 g/mol. The van der Waals surface area contributed by atoms with Crippen molar-refractivity contribution in [1.29, 1.82) is 0 Å². The van der Waals surface area contributed by atoms with E-state index in [-0.39, 0.29) is 5.91 Å². The number of rotatable bonds is 5. The Balaban J connectivity index is 1.41. The molecule has 1 amide bonds. The highest BCUT2D eigenvalue weighted by atomic mass is 16.2. The summed E-state index contributed by atoms with van der Waals surface area (Å²) in [6.45, 7) is 0.435. The van der Waals surface area contributed by atoms with Gasteiger partial charge in [-0.1, -0.05) is 24.3 Å². The molecule has 1 saturated carbocycles. The molecule has 3 aromatic rings. The summed E-state index contributed by atoms with van der Waals surface area (Å²) in [5.74, 6) is 0.410. The van der Waals surface area contributed by atoms with Crippen molar-refractivity contribution in [2.24, 2.45) is 0 Å². The Kier molecular flexibility index (Phi) is 3.78. The molecule has 0 aliphatic heterocycles. The molecule has 2 aromatic heterocycles. The molecule has 6 heteroatoms. The molecule has 4 rings (SSSR count). The number of para-hydroxylation sites is 1. The lowest BCUT2D eigenvalue weighted by molar-refractivity contribution is 0.0945. The lowest BCUT2D eigenvalue weighted by Gasteiger charge is -2.05. The molecule has 2 heterocycles. The van der Waals surface area contributed by atoms with Crippen molar-refractivity contribution in [3.8, 4) is 5.69 Å². The molecule has 1 N–H and O–H groups in total. The molecule has 6 nitrogen and oxygen atoms in total. The Hall–Kier alpha value is -3.02. The van der Waals surface area contributed by atoms with E-state index in [9.17, 15) is 4.79 Å². The summed E-state index contributed by atoms with van der Waals surface area (Å²) < 4.78 is 0. The summed E-state index contributed by atoms with van der Waals surface area (Å²) in [5.41, 5.74) is 3.38. The maximum atomic E-state index is 12.2. The normalized spacial score (nSPS) is 13.7.